The largest absolute Gasteiger partial charge is 0.352 e. The Kier molecular flexibility index (Phi) is 4.23. The highest BCUT2D eigenvalue weighted by Gasteiger charge is 2.49. The van der Waals surface area contributed by atoms with Gasteiger partial charge in [0.15, 0.2) is 10.7 Å². The van der Waals surface area contributed by atoms with Crippen LogP contribution in [0.4, 0.5) is 5.69 Å². The molecule has 1 saturated heterocycles. The maximum Gasteiger partial charge on any atom is 0.289 e. The Morgan fingerprint density at radius 2 is 1.87 bits per heavy atom. The van der Waals surface area contributed by atoms with Crippen molar-refractivity contribution in [2.45, 2.75) is 17.4 Å². The number of nitro benzene ring substituents is 1. The van der Waals surface area contributed by atoms with Crippen LogP contribution in [0.15, 0.2) is 71.3 Å². The van der Waals surface area contributed by atoms with E-state index in [9.17, 15) is 23.3 Å². The predicted molar refractivity (Wildman–Crippen MR) is 113 cm³/mol. The second kappa shape index (κ2) is 6.75. The number of rotatable bonds is 3. The first-order chi connectivity index (χ1) is 14.8. The third-order valence-corrected chi connectivity index (χ3v) is 7.97. The summed E-state index contributed by atoms with van der Waals surface area (Å²) in [5.41, 5.74) is 4.44. The average molecular weight is 435 g/mol. The number of aromatic nitrogens is 1. The molecule has 2 aliphatic rings. The van der Waals surface area contributed by atoms with Crippen molar-refractivity contribution in [3.63, 3.8) is 0 Å². The molecule has 0 unspecified atom stereocenters. The number of Topliss-reactive ketones (excluding diaryl/α,β-unsaturated/α-hetero) is 1. The molecule has 1 aliphatic carbocycles. The number of ketones is 1. The van der Waals surface area contributed by atoms with Gasteiger partial charge in [-0.1, -0.05) is 36.9 Å². The lowest BCUT2D eigenvalue weighted by atomic mass is 9.75. The Morgan fingerprint density at radius 1 is 1.16 bits per heavy atom. The monoisotopic (exact) mass is 435 g/mol. The predicted octanol–water partition coefficient (Wildman–Crippen LogP) is 3.74. The number of benzene rings is 2. The molecule has 1 N–H and O–H groups in total. The number of nitrogens with one attached hydrogen (secondary N) is 1. The zero-order valence-electron chi connectivity index (χ0n) is 16.2. The first kappa shape index (κ1) is 19.4. The van der Waals surface area contributed by atoms with E-state index in [-0.39, 0.29) is 23.6 Å². The van der Waals surface area contributed by atoms with Gasteiger partial charge >= 0.3 is 0 Å². The fraction of sp³-hybridized carbons (Fsp3) is 0.182. The normalized spacial score (nSPS) is 21.0. The molecule has 1 aliphatic heterocycles. The van der Waals surface area contributed by atoms with Gasteiger partial charge in [-0.2, -0.15) is 4.31 Å². The topological polar surface area (TPSA) is 113 Å². The van der Waals surface area contributed by atoms with Crippen molar-refractivity contribution in [3.8, 4) is 0 Å². The Morgan fingerprint density at radius 3 is 2.61 bits per heavy atom. The van der Waals surface area contributed by atoms with Crippen LogP contribution >= 0.6 is 0 Å². The van der Waals surface area contributed by atoms with Crippen LogP contribution in [-0.4, -0.2) is 35.0 Å². The zero-order chi connectivity index (χ0) is 21.9. The van der Waals surface area contributed by atoms with Crippen LogP contribution < -0.4 is 0 Å². The molecule has 1 aromatic heterocycles. The average Bonchev–Trinajstić information content (AvgIpc) is 3.17. The van der Waals surface area contributed by atoms with E-state index in [1.54, 1.807) is 0 Å². The summed E-state index contributed by atoms with van der Waals surface area (Å²) < 4.78 is 28.6. The SMILES string of the molecule is C=C=C1CN(S(=O)(=O)c2ccccc2[N+](=O)[O-])[C@H]2C[C@@H]1C(=O)c1[nH]c3ccccc3c12. The van der Waals surface area contributed by atoms with Gasteiger partial charge in [0.25, 0.3) is 15.7 Å². The molecule has 1 fully saturated rings. The number of sulfonamides is 1. The van der Waals surface area contributed by atoms with Crippen molar-refractivity contribution in [1.29, 1.82) is 0 Å². The van der Waals surface area contributed by atoms with Crippen LogP contribution in [0.5, 0.6) is 0 Å². The molecular weight excluding hydrogens is 418 g/mol. The number of hydrogen-bond donors (Lipinski definition) is 1. The smallest absolute Gasteiger partial charge is 0.289 e. The van der Waals surface area contributed by atoms with Crippen LogP contribution in [0.25, 0.3) is 10.9 Å². The summed E-state index contributed by atoms with van der Waals surface area (Å²) >= 11 is 0. The number of nitrogens with zero attached hydrogens (tertiary/aromatic N) is 2. The van der Waals surface area contributed by atoms with Crippen molar-refractivity contribution < 1.29 is 18.1 Å². The van der Waals surface area contributed by atoms with Crippen molar-refractivity contribution in [2.75, 3.05) is 6.54 Å². The summed E-state index contributed by atoms with van der Waals surface area (Å²) in [6, 6.07) is 12.0. The van der Waals surface area contributed by atoms with Gasteiger partial charge < -0.3 is 4.98 Å². The lowest BCUT2D eigenvalue weighted by Crippen LogP contribution is -2.47. The van der Waals surface area contributed by atoms with Crippen molar-refractivity contribution in [1.82, 2.24) is 9.29 Å². The number of H-pyrrole nitrogens is 1. The molecule has 2 heterocycles. The molecule has 8 nitrogen and oxygen atoms in total. The number of nitro groups is 1. The van der Waals surface area contributed by atoms with Gasteiger partial charge in [-0.25, -0.2) is 8.42 Å². The maximum absolute atomic E-state index is 13.7. The molecule has 2 aromatic carbocycles. The third-order valence-electron chi connectivity index (χ3n) is 6.07. The Hall–Kier alpha value is -3.52. The molecule has 156 valence electrons. The van der Waals surface area contributed by atoms with E-state index in [4.69, 9.17) is 0 Å². The van der Waals surface area contributed by atoms with E-state index in [0.717, 1.165) is 10.9 Å². The van der Waals surface area contributed by atoms with Gasteiger partial charge in [-0.05, 0) is 24.1 Å². The summed E-state index contributed by atoms with van der Waals surface area (Å²) in [5, 5.41) is 12.3. The highest BCUT2D eigenvalue weighted by molar-refractivity contribution is 7.89. The lowest BCUT2D eigenvalue weighted by Gasteiger charge is -2.42. The molecule has 0 spiro atoms. The first-order valence-corrected chi connectivity index (χ1v) is 11.1. The molecule has 2 bridgehead atoms. The zero-order valence-corrected chi connectivity index (χ0v) is 17.1. The fourth-order valence-electron chi connectivity index (χ4n) is 4.66. The summed E-state index contributed by atoms with van der Waals surface area (Å²) in [6.07, 6.45) is 0.241. The van der Waals surface area contributed by atoms with Crippen molar-refractivity contribution >= 4 is 32.4 Å². The molecule has 3 aromatic rings. The Balaban J connectivity index is 1.76. The standard InChI is InChI=1S/C22H17N3O5S/c1-2-13-12-24(31(29,30)19-10-6-5-9-17(19)25(27)28)18-11-15(13)22(26)21-20(18)14-7-3-4-8-16(14)23-21/h3-10,15,18,23H,1,11-12H2/t15-,18-/m0/s1. The molecule has 0 radical (unpaired) electrons. The van der Waals surface area contributed by atoms with E-state index >= 15 is 0 Å². The van der Waals surface area contributed by atoms with Crippen LogP contribution in [0.2, 0.25) is 0 Å². The minimum atomic E-state index is -4.26. The van der Waals surface area contributed by atoms with E-state index in [0.29, 0.717) is 16.8 Å². The number of aromatic amines is 1. The Bertz CT molecular complexity index is 1430. The third kappa shape index (κ3) is 2.71. The van der Waals surface area contributed by atoms with Gasteiger partial charge in [-0.15, -0.1) is 5.73 Å². The second-order valence-electron chi connectivity index (χ2n) is 7.60. The van der Waals surface area contributed by atoms with Crippen LogP contribution in [0, 0.1) is 16.0 Å². The number of para-hydroxylation sites is 2. The first-order valence-electron chi connectivity index (χ1n) is 9.63. The summed E-state index contributed by atoms with van der Waals surface area (Å²) in [4.78, 5) is 26.7. The maximum atomic E-state index is 13.7. The number of carbonyl (C=O) groups excluding carboxylic acids is 1. The number of fused-ring (bicyclic) bond motifs is 6. The van der Waals surface area contributed by atoms with E-state index < -0.39 is 32.6 Å². The minimum absolute atomic E-state index is 0.0993. The molecule has 0 saturated carbocycles. The van der Waals surface area contributed by atoms with Crippen molar-refractivity contribution in [2.24, 2.45) is 5.92 Å². The Labute approximate surface area is 177 Å². The van der Waals surface area contributed by atoms with Gasteiger partial charge in [-0.3, -0.25) is 14.9 Å². The van der Waals surface area contributed by atoms with Gasteiger partial charge in [0.05, 0.1) is 22.6 Å². The number of carbonyl (C=O) groups is 1. The van der Waals surface area contributed by atoms with E-state index in [1.807, 2.05) is 24.3 Å². The highest BCUT2D eigenvalue weighted by atomic mass is 32.2. The van der Waals surface area contributed by atoms with E-state index in [1.165, 1.54) is 28.6 Å². The molecule has 31 heavy (non-hydrogen) atoms. The van der Waals surface area contributed by atoms with Gasteiger partial charge in [0.2, 0.25) is 0 Å². The molecule has 5 rings (SSSR count). The quantitative estimate of drug-likeness (QED) is 0.383. The summed E-state index contributed by atoms with van der Waals surface area (Å²) in [5.74, 6) is -0.642. The summed E-state index contributed by atoms with van der Waals surface area (Å²) in [6.45, 7) is 3.55. The molecule has 9 heteroatoms. The highest BCUT2D eigenvalue weighted by Crippen LogP contribution is 2.49. The van der Waals surface area contributed by atoms with Crippen LogP contribution in [0.1, 0.15) is 28.5 Å². The number of piperidine rings is 1. The number of hydrogen-bond acceptors (Lipinski definition) is 5. The van der Waals surface area contributed by atoms with Crippen LogP contribution in [-0.2, 0) is 10.0 Å². The van der Waals surface area contributed by atoms with Crippen LogP contribution in [0.3, 0.4) is 0 Å². The van der Waals surface area contributed by atoms with Crippen molar-refractivity contribution in [3.05, 3.63) is 87.8 Å². The lowest BCUT2D eigenvalue weighted by molar-refractivity contribution is -0.387. The molecular formula is C22H17N3O5S. The fourth-order valence-corrected chi connectivity index (χ4v) is 6.41. The van der Waals surface area contributed by atoms with Gasteiger partial charge in [0, 0.05) is 29.1 Å². The second-order valence-corrected chi connectivity index (χ2v) is 9.46. The van der Waals surface area contributed by atoms with Gasteiger partial charge in [0.1, 0.15) is 0 Å². The molecule has 0 amide bonds. The molecule has 2 atom stereocenters. The van der Waals surface area contributed by atoms with E-state index in [2.05, 4.69) is 17.3 Å². The summed E-state index contributed by atoms with van der Waals surface area (Å²) in [7, 11) is -4.26. The minimum Gasteiger partial charge on any atom is -0.352 e.